The number of aliphatic carboxylic acids is 1. The van der Waals surface area contributed by atoms with Crippen LogP contribution >= 0.6 is 0 Å². The van der Waals surface area contributed by atoms with Gasteiger partial charge in [-0.25, -0.2) is 4.79 Å². The zero-order valence-corrected chi connectivity index (χ0v) is 19.6. The summed E-state index contributed by atoms with van der Waals surface area (Å²) in [4.78, 5) is 47.9. The second-order valence-electron chi connectivity index (χ2n) is 8.05. The summed E-state index contributed by atoms with van der Waals surface area (Å²) in [6.07, 6.45) is -1.15. The van der Waals surface area contributed by atoms with Crippen molar-refractivity contribution >= 4 is 23.8 Å². The topological polar surface area (TPSA) is 119 Å². The molecule has 1 unspecified atom stereocenters. The molecule has 3 rings (SSSR count). The van der Waals surface area contributed by atoms with Crippen LogP contribution in [-0.4, -0.2) is 41.6 Å². The van der Waals surface area contributed by atoms with Gasteiger partial charge in [0.1, 0.15) is 12.6 Å². The fourth-order valence-electron chi connectivity index (χ4n) is 3.43. The molecule has 186 valence electrons. The lowest BCUT2D eigenvalue weighted by Crippen LogP contribution is -2.44. The number of benzene rings is 3. The molecule has 1 amide bonds. The van der Waals surface area contributed by atoms with Crippen LogP contribution in [0.3, 0.4) is 0 Å². The van der Waals surface area contributed by atoms with E-state index in [1.165, 1.54) is 0 Å². The van der Waals surface area contributed by atoms with Crippen molar-refractivity contribution in [1.29, 1.82) is 0 Å². The predicted octanol–water partition coefficient (Wildman–Crippen LogP) is 4.17. The van der Waals surface area contributed by atoms with Gasteiger partial charge in [-0.15, -0.1) is 0 Å². The van der Waals surface area contributed by atoms with E-state index in [-0.39, 0.29) is 13.0 Å². The minimum Gasteiger partial charge on any atom is -0.481 e. The average Bonchev–Trinajstić information content (AvgIpc) is 2.90. The summed E-state index contributed by atoms with van der Waals surface area (Å²) in [6, 6.07) is 25.1. The van der Waals surface area contributed by atoms with Crippen LogP contribution in [0.2, 0.25) is 0 Å². The Hall–Kier alpha value is -4.46. The van der Waals surface area contributed by atoms with E-state index in [9.17, 15) is 19.2 Å². The Kier molecular flexibility index (Phi) is 9.76. The van der Waals surface area contributed by atoms with Crippen LogP contribution in [0, 0.1) is 0 Å². The molecule has 0 saturated carbocycles. The molecule has 3 aromatic carbocycles. The van der Waals surface area contributed by atoms with Crippen LogP contribution in [0.4, 0.5) is 4.79 Å². The summed E-state index contributed by atoms with van der Waals surface area (Å²) in [5.41, 5.74) is 3.76. The molecule has 8 nitrogen and oxygen atoms in total. The molecule has 0 radical (unpaired) electrons. The number of nitrogens with one attached hydrogen (secondary N) is 1. The Morgan fingerprint density at radius 2 is 1.42 bits per heavy atom. The van der Waals surface area contributed by atoms with Crippen LogP contribution in [0.25, 0.3) is 11.1 Å². The highest BCUT2D eigenvalue weighted by Crippen LogP contribution is 2.20. The molecule has 0 spiro atoms. The smallest absolute Gasteiger partial charge is 0.408 e. The number of ether oxygens (including phenoxy) is 2. The van der Waals surface area contributed by atoms with Crippen molar-refractivity contribution in [3.8, 4) is 11.1 Å². The summed E-state index contributed by atoms with van der Waals surface area (Å²) in [5, 5.41) is 11.3. The SMILES string of the molecule is O=C(O)CC(NC(=O)OCc1ccccc1)C(=O)COC(=O)CCc1cccc(-c2ccccc2)c1. The maximum atomic E-state index is 12.5. The molecule has 0 aliphatic carbocycles. The van der Waals surface area contributed by atoms with Crippen molar-refractivity contribution in [3.63, 3.8) is 0 Å². The zero-order valence-electron chi connectivity index (χ0n) is 19.6. The van der Waals surface area contributed by atoms with Gasteiger partial charge in [0, 0.05) is 6.42 Å². The number of ketones is 1. The third-order valence-electron chi connectivity index (χ3n) is 5.30. The lowest BCUT2D eigenvalue weighted by Gasteiger charge is -2.16. The van der Waals surface area contributed by atoms with Crippen LogP contribution in [0.1, 0.15) is 24.0 Å². The summed E-state index contributed by atoms with van der Waals surface area (Å²) in [6.45, 7) is -0.694. The van der Waals surface area contributed by atoms with Crippen molar-refractivity contribution in [2.24, 2.45) is 0 Å². The van der Waals surface area contributed by atoms with E-state index in [2.05, 4.69) is 5.32 Å². The van der Waals surface area contributed by atoms with Gasteiger partial charge in [0.05, 0.1) is 6.42 Å². The number of hydrogen-bond acceptors (Lipinski definition) is 6. The number of carbonyl (C=O) groups is 4. The minimum atomic E-state index is -1.39. The van der Waals surface area contributed by atoms with E-state index in [1.807, 2.05) is 60.7 Å². The van der Waals surface area contributed by atoms with Gasteiger partial charge in [-0.2, -0.15) is 0 Å². The Morgan fingerprint density at radius 1 is 0.778 bits per heavy atom. The second kappa shape index (κ2) is 13.4. The van der Waals surface area contributed by atoms with Crippen molar-refractivity contribution in [1.82, 2.24) is 5.32 Å². The molecular weight excluding hydrogens is 462 g/mol. The number of esters is 1. The third-order valence-corrected chi connectivity index (χ3v) is 5.30. The molecule has 0 aliphatic rings. The van der Waals surface area contributed by atoms with Crippen LogP contribution < -0.4 is 5.32 Å². The maximum Gasteiger partial charge on any atom is 0.408 e. The summed E-state index contributed by atoms with van der Waals surface area (Å²) in [5.74, 6) is -2.64. The fourth-order valence-corrected chi connectivity index (χ4v) is 3.43. The average molecular weight is 490 g/mol. The lowest BCUT2D eigenvalue weighted by molar-refractivity contribution is -0.149. The van der Waals surface area contributed by atoms with Gasteiger partial charge >= 0.3 is 18.0 Å². The molecule has 1 atom stereocenters. The van der Waals surface area contributed by atoms with Gasteiger partial charge < -0.3 is 19.9 Å². The van der Waals surface area contributed by atoms with Crippen LogP contribution in [0.15, 0.2) is 84.9 Å². The van der Waals surface area contributed by atoms with Crippen molar-refractivity contribution in [2.45, 2.75) is 31.9 Å². The molecule has 0 bridgehead atoms. The summed E-state index contributed by atoms with van der Waals surface area (Å²) >= 11 is 0. The number of carbonyl (C=O) groups excluding carboxylic acids is 3. The largest absolute Gasteiger partial charge is 0.481 e. The Morgan fingerprint density at radius 3 is 2.11 bits per heavy atom. The molecule has 0 aromatic heterocycles. The van der Waals surface area contributed by atoms with E-state index in [0.29, 0.717) is 6.42 Å². The fraction of sp³-hybridized carbons (Fsp3) is 0.214. The number of hydrogen-bond donors (Lipinski definition) is 2. The molecule has 36 heavy (non-hydrogen) atoms. The standard InChI is InChI=1S/C28H27NO7/c30-25(24(17-26(31)32)29-28(34)36-18-21-8-3-1-4-9-21)19-35-27(33)15-14-20-10-7-13-23(16-20)22-11-5-2-6-12-22/h1-13,16,24H,14-15,17-19H2,(H,29,34)(H,31,32). The highest BCUT2D eigenvalue weighted by atomic mass is 16.5. The molecule has 0 saturated heterocycles. The molecule has 8 heteroatoms. The monoisotopic (exact) mass is 489 g/mol. The van der Waals surface area contributed by atoms with Gasteiger partial charge in [-0.05, 0) is 28.7 Å². The van der Waals surface area contributed by atoms with Gasteiger partial charge in [0.2, 0.25) is 0 Å². The van der Waals surface area contributed by atoms with Crippen LogP contribution in [-0.2, 0) is 36.9 Å². The molecule has 0 fully saturated rings. The van der Waals surface area contributed by atoms with Gasteiger partial charge in [-0.3, -0.25) is 14.4 Å². The first-order valence-corrected chi connectivity index (χ1v) is 11.4. The second-order valence-corrected chi connectivity index (χ2v) is 8.05. The van der Waals surface area contributed by atoms with Gasteiger partial charge in [0.15, 0.2) is 12.4 Å². The Balaban J connectivity index is 1.46. The highest BCUT2D eigenvalue weighted by molar-refractivity contribution is 5.92. The summed E-state index contributed by atoms with van der Waals surface area (Å²) in [7, 11) is 0. The maximum absolute atomic E-state index is 12.5. The zero-order chi connectivity index (χ0) is 25.8. The van der Waals surface area contributed by atoms with Gasteiger partial charge in [-0.1, -0.05) is 84.9 Å². The minimum absolute atomic E-state index is 0.0406. The van der Waals surface area contributed by atoms with Crippen molar-refractivity contribution in [3.05, 3.63) is 96.1 Å². The quantitative estimate of drug-likeness (QED) is 0.367. The molecule has 2 N–H and O–H groups in total. The first kappa shape index (κ1) is 26.2. The molecule has 0 aliphatic heterocycles. The number of carboxylic acid groups (broad SMARTS) is 1. The number of rotatable bonds is 12. The predicted molar refractivity (Wildman–Crippen MR) is 132 cm³/mol. The summed E-state index contributed by atoms with van der Waals surface area (Å²) < 4.78 is 10.1. The molecule has 0 heterocycles. The van der Waals surface area contributed by atoms with E-state index in [1.54, 1.807) is 24.3 Å². The number of alkyl carbamates (subject to hydrolysis) is 1. The van der Waals surface area contributed by atoms with E-state index >= 15 is 0 Å². The number of carboxylic acids is 1. The normalized spacial score (nSPS) is 11.2. The Labute approximate surface area is 208 Å². The first-order chi connectivity index (χ1) is 17.4. The lowest BCUT2D eigenvalue weighted by atomic mass is 10.0. The van der Waals surface area contributed by atoms with Gasteiger partial charge in [0.25, 0.3) is 0 Å². The Bertz CT molecular complexity index is 1180. The highest BCUT2D eigenvalue weighted by Gasteiger charge is 2.25. The van der Waals surface area contributed by atoms with E-state index < -0.39 is 42.9 Å². The number of Topliss-reactive ketones (excluding diaryl/α,β-unsaturated/α-hetero) is 1. The van der Waals surface area contributed by atoms with Crippen LogP contribution in [0.5, 0.6) is 0 Å². The van der Waals surface area contributed by atoms with E-state index in [4.69, 9.17) is 14.6 Å². The third kappa shape index (κ3) is 8.72. The molecular formula is C28H27NO7. The number of aryl methyl sites for hydroxylation is 1. The van der Waals surface area contributed by atoms with E-state index in [0.717, 1.165) is 22.3 Å². The van der Waals surface area contributed by atoms with Crippen molar-refractivity contribution < 1.29 is 33.8 Å². The first-order valence-electron chi connectivity index (χ1n) is 11.4. The number of amides is 1. The van der Waals surface area contributed by atoms with Crippen molar-refractivity contribution in [2.75, 3.05) is 6.61 Å². The molecule has 3 aromatic rings.